The van der Waals surface area contributed by atoms with Gasteiger partial charge in [0.15, 0.2) is 11.0 Å². The Morgan fingerprint density at radius 1 is 1.21 bits per heavy atom. The normalized spacial score (nSPS) is 10.7. The number of halogens is 1. The summed E-state index contributed by atoms with van der Waals surface area (Å²) in [5.41, 5.74) is 4.02. The molecule has 0 atom stereocenters. The summed E-state index contributed by atoms with van der Waals surface area (Å²) in [6.07, 6.45) is 1.80. The molecule has 0 radical (unpaired) electrons. The number of hydrogen-bond acceptors (Lipinski definition) is 4. The molecule has 28 heavy (non-hydrogen) atoms. The Morgan fingerprint density at radius 3 is 2.64 bits per heavy atom. The maximum Gasteiger partial charge on any atom is 0.234 e. The molecule has 1 heterocycles. The number of benzene rings is 2. The fourth-order valence-electron chi connectivity index (χ4n) is 2.65. The molecule has 5 nitrogen and oxygen atoms in total. The van der Waals surface area contributed by atoms with E-state index < -0.39 is 0 Å². The van der Waals surface area contributed by atoms with Crippen LogP contribution < -0.4 is 5.32 Å². The van der Waals surface area contributed by atoms with Gasteiger partial charge in [0.25, 0.3) is 0 Å². The molecule has 2 aromatic carbocycles. The number of carbonyl (C=O) groups is 1. The van der Waals surface area contributed by atoms with Crippen LogP contribution in [0.3, 0.4) is 0 Å². The van der Waals surface area contributed by atoms with E-state index in [0.717, 1.165) is 27.1 Å². The summed E-state index contributed by atoms with van der Waals surface area (Å²) in [5.74, 6) is 0.932. The predicted octanol–water partition coefficient (Wildman–Crippen LogP) is 5.24. The smallest absolute Gasteiger partial charge is 0.234 e. The van der Waals surface area contributed by atoms with Gasteiger partial charge in [0.1, 0.15) is 0 Å². The van der Waals surface area contributed by atoms with Crippen LogP contribution >= 0.6 is 27.7 Å². The molecule has 0 saturated carbocycles. The Kier molecular flexibility index (Phi) is 6.70. The van der Waals surface area contributed by atoms with E-state index >= 15 is 0 Å². The number of amides is 1. The number of nitrogens with one attached hydrogen (secondary N) is 1. The molecule has 0 spiro atoms. The van der Waals surface area contributed by atoms with Crippen molar-refractivity contribution in [2.24, 2.45) is 0 Å². The van der Waals surface area contributed by atoms with Crippen molar-refractivity contribution < 1.29 is 4.79 Å². The second-order valence-electron chi connectivity index (χ2n) is 6.37. The van der Waals surface area contributed by atoms with Crippen LogP contribution in [0.2, 0.25) is 0 Å². The highest BCUT2D eigenvalue weighted by atomic mass is 79.9. The fourth-order valence-corrected chi connectivity index (χ4v) is 3.65. The molecule has 0 aliphatic heterocycles. The van der Waals surface area contributed by atoms with Gasteiger partial charge in [0, 0.05) is 22.3 Å². The molecule has 1 N–H and O–H groups in total. The lowest BCUT2D eigenvalue weighted by molar-refractivity contribution is -0.113. The monoisotopic (exact) mass is 456 g/mol. The fraction of sp³-hybridized carbons (Fsp3) is 0.190. The van der Waals surface area contributed by atoms with Crippen molar-refractivity contribution in [3.63, 3.8) is 0 Å². The number of nitrogens with zero attached hydrogens (tertiary/aromatic N) is 3. The second kappa shape index (κ2) is 9.21. The Hall–Kier alpha value is -2.38. The van der Waals surface area contributed by atoms with E-state index in [0.29, 0.717) is 11.7 Å². The number of carbonyl (C=O) groups excluding carboxylic acids is 1. The number of allylic oxidation sites excluding steroid dienone is 1. The first-order valence-corrected chi connectivity index (χ1v) is 10.6. The first-order valence-electron chi connectivity index (χ1n) is 8.78. The Bertz CT molecular complexity index is 998. The van der Waals surface area contributed by atoms with Crippen LogP contribution in [0.5, 0.6) is 0 Å². The molecular weight excluding hydrogens is 436 g/mol. The summed E-state index contributed by atoms with van der Waals surface area (Å²) in [4.78, 5) is 12.3. The highest BCUT2D eigenvalue weighted by molar-refractivity contribution is 9.10. The molecule has 0 aliphatic rings. The van der Waals surface area contributed by atoms with Crippen molar-refractivity contribution in [3.05, 3.63) is 70.7 Å². The number of hydrogen-bond donors (Lipinski definition) is 1. The number of anilines is 1. The number of thioether (sulfide) groups is 1. The highest BCUT2D eigenvalue weighted by Gasteiger charge is 2.15. The third kappa shape index (κ3) is 4.91. The lowest BCUT2D eigenvalue weighted by Gasteiger charge is -2.09. The molecule has 1 aromatic heterocycles. The van der Waals surface area contributed by atoms with E-state index in [9.17, 15) is 4.79 Å². The summed E-state index contributed by atoms with van der Waals surface area (Å²) < 4.78 is 2.99. The van der Waals surface area contributed by atoms with E-state index in [1.807, 2.05) is 60.9 Å². The summed E-state index contributed by atoms with van der Waals surface area (Å²) >= 11 is 4.82. The average molecular weight is 457 g/mol. The summed E-state index contributed by atoms with van der Waals surface area (Å²) in [5, 5.41) is 12.2. The van der Waals surface area contributed by atoms with Crippen molar-refractivity contribution in [2.45, 2.75) is 25.5 Å². The van der Waals surface area contributed by atoms with E-state index in [2.05, 4.69) is 38.0 Å². The van der Waals surface area contributed by atoms with Crippen LogP contribution in [-0.2, 0) is 11.3 Å². The van der Waals surface area contributed by atoms with Gasteiger partial charge < -0.3 is 5.32 Å². The Balaban J connectivity index is 1.71. The second-order valence-corrected chi connectivity index (χ2v) is 8.17. The van der Waals surface area contributed by atoms with Crippen LogP contribution in [0.25, 0.3) is 11.4 Å². The van der Waals surface area contributed by atoms with Gasteiger partial charge in [-0.2, -0.15) is 0 Å². The quantitative estimate of drug-likeness (QED) is 0.389. The molecule has 0 unspecified atom stereocenters. The van der Waals surface area contributed by atoms with Crippen molar-refractivity contribution in [1.82, 2.24) is 14.8 Å². The third-order valence-electron chi connectivity index (χ3n) is 4.11. The zero-order chi connectivity index (χ0) is 20.1. The number of aromatic nitrogens is 3. The van der Waals surface area contributed by atoms with E-state index in [4.69, 9.17) is 0 Å². The molecule has 144 valence electrons. The van der Waals surface area contributed by atoms with Gasteiger partial charge >= 0.3 is 0 Å². The molecule has 0 aliphatic carbocycles. The van der Waals surface area contributed by atoms with Gasteiger partial charge in [0.05, 0.1) is 5.75 Å². The molecule has 1 amide bonds. The van der Waals surface area contributed by atoms with Crippen LogP contribution in [0.1, 0.15) is 11.1 Å². The van der Waals surface area contributed by atoms with Crippen molar-refractivity contribution in [3.8, 4) is 11.4 Å². The lowest BCUT2D eigenvalue weighted by atomic mass is 10.1. The molecule has 7 heteroatoms. The van der Waals surface area contributed by atoms with Gasteiger partial charge in [-0.3, -0.25) is 9.36 Å². The van der Waals surface area contributed by atoms with E-state index in [-0.39, 0.29) is 11.7 Å². The minimum Gasteiger partial charge on any atom is -0.325 e. The van der Waals surface area contributed by atoms with Crippen molar-refractivity contribution >= 4 is 39.3 Å². The molecule has 0 bridgehead atoms. The van der Waals surface area contributed by atoms with Crippen LogP contribution in [0.15, 0.2) is 64.7 Å². The standard InChI is InChI=1S/C21H21BrN4OS/c1-4-11-26-20(16-7-5-14(2)6-8-16)24-25-21(26)28-13-19(27)23-17-9-10-18(22)15(3)12-17/h4-10,12H,1,11,13H2,2-3H3,(H,23,27). The summed E-state index contributed by atoms with van der Waals surface area (Å²) in [6.45, 7) is 8.43. The van der Waals surface area contributed by atoms with Gasteiger partial charge in [-0.25, -0.2) is 0 Å². The van der Waals surface area contributed by atoms with Crippen molar-refractivity contribution in [2.75, 3.05) is 11.1 Å². The highest BCUT2D eigenvalue weighted by Crippen LogP contribution is 2.25. The minimum absolute atomic E-state index is 0.0863. The predicted molar refractivity (Wildman–Crippen MR) is 119 cm³/mol. The Labute approximate surface area is 177 Å². The van der Waals surface area contributed by atoms with Gasteiger partial charge in [-0.05, 0) is 37.6 Å². The molecule has 0 fully saturated rings. The minimum atomic E-state index is -0.0863. The van der Waals surface area contributed by atoms with Crippen molar-refractivity contribution in [1.29, 1.82) is 0 Å². The van der Waals surface area contributed by atoms with E-state index in [1.165, 1.54) is 17.3 Å². The first kappa shape index (κ1) is 20.4. The summed E-state index contributed by atoms with van der Waals surface area (Å²) in [7, 11) is 0. The summed E-state index contributed by atoms with van der Waals surface area (Å²) in [6, 6.07) is 13.9. The van der Waals surface area contributed by atoms with Gasteiger partial charge in [0.2, 0.25) is 5.91 Å². The average Bonchev–Trinajstić information content (AvgIpc) is 3.07. The van der Waals surface area contributed by atoms with Gasteiger partial charge in [-0.15, -0.1) is 16.8 Å². The largest absolute Gasteiger partial charge is 0.325 e. The Morgan fingerprint density at radius 2 is 1.96 bits per heavy atom. The third-order valence-corrected chi connectivity index (χ3v) is 5.97. The SMILES string of the molecule is C=CCn1c(SCC(=O)Nc2ccc(Br)c(C)c2)nnc1-c1ccc(C)cc1. The molecule has 3 rings (SSSR count). The zero-order valence-electron chi connectivity index (χ0n) is 15.8. The maximum atomic E-state index is 12.3. The van der Waals surface area contributed by atoms with Crippen LogP contribution in [0, 0.1) is 13.8 Å². The molecule has 0 saturated heterocycles. The number of rotatable bonds is 7. The topological polar surface area (TPSA) is 59.8 Å². The number of aryl methyl sites for hydroxylation is 2. The van der Waals surface area contributed by atoms with E-state index in [1.54, 1.807) is 6.08 Å². The van der Waals surface area contributed by atoms with Gasteiger partial charge in [-0.1, -0.05) is 63.6 Å². The lowest BCUT2D eigenvalue weighted by Crippen LogP contribution is -2.14. The maximum absolute atomic E-state index is 12.3. The molecule has 3 aromatic rings. The first-order chi connectivity index (χ1) is 13.5. The zero-order valence-corrected chi connectivity index (χ0v) is 18.2. The van der Waals surface area contributed by atoms with Crippen LogP contribution in [0.4, 0.5) is 5.69 Å². The molecular formula is C21H21BrN4OS. The van der Waals surface area contributed by atoms with Crippen LogP contribution in [-0.4, -0.2) is 26.4 Å².